The van der Waals surface area contributed by atoms with E-state index < -0.39 is 4.92 Å². The van der Waals surface area contributed by atoms with Crippen LogP contribution < -0.4 is 4.74 Å². The predicted molar refractivity (Wildman–Crippen MR) is 63.3 cm³/mol. The van der Waals surface area contributed by atoms with E-state index in [9.17, 15) is 10.1 Å². The molecule has 0 saturated heterocycles. The molecule has 0 bridgehead atoms. The molecule has 1 rings (SSSR count). The highest BCUT2D eigenvalue weighted by Gasteiger charge is 2.14. The van der Waals surface area contributed by atoms with Crippen LogP contribution in [0, 0.1) is 17.0 Å². The van der Waals surface area contributed by atoms with Gasteiger partial charge in [-0.1, -0.05) is 6.07 Å². The van der Waals surface area contributed by atoms with E-state index in [1.165, 1.54) is 6.07 Å². The fraction of sp³-hybridized carbons (Fsp3) is 0.455. The van der Waals surface area contributed by atoms with E-state index in [4.69, 9.17) is 16.3 Å². The third kappa shape index (κ3) is 3.70. The van der Waals surface area contributed by atoms with E-state index >= 15 is 0 Å². The zero-order chi connectivity index (χ0) is 12.0. The summed E-state index contributed by atoms with van der Waals surface area (Å²) in [5, 5.41) is 10.7. The minimum Gasteiger partial charge on any atom is -0.487 e. The van der Waals surface area contributed by atoms with Gasteiger partial charge in [-0.3, -0.25) is 10.1 Å². The molecule has 1 aromatic carbocycles. The van der Waals surface area contributed by atoms with Crippen molar-refractivity contribution in [3.05, 3.63) is 33.9 Å². The van der Waals surface area contributed by atoms with E-state index in [1.54, 1.807) is 12.1 Å². The van der Waals surface area contributed by atoms with Gasteiger partial charge < -0.3 is 4.74 Å². The molecular formula is C11H14ClNO3. The molecule has 0 spiro atoms. The minimum atomic E-state index is -0.434. The normalized spacial score (nSPS) is 10.1. The van der Waals surface area contributed by atoms with Crippen molar-refractivity contribution < 1.29 is 9.66 Å². The topological polar surface area (TPSA) is 52.4 Å². The Hall–Kier alpha value is -1.29. The Labute approximate surface area is 99.3 Å². The van der Waals surface area contributed by atoms with Gasteiger partial charge in [-0.05, 0) is 31.4 Å². The van der Waals surface area contributed by atoms with Crippen LogP contribution >= 0.6 is 11.6 Å². The highest BCUT2D eigenvalue weighted by atomic mass is 35.5. The molecule has 0 heterocycles. The van der Waals surface area contributed by atoms with Gasteiger partial charge in [-0.25, -0.2) is 0 Å². The van der Waals surface area contributed by atoms with Gasteiger partial charge in [0.25, 0.3) is 0 Å². The van der Waals surface area contributed by atoms with Gasteiger partial charge >= 0.3 is 5.69 Å². The Morgan fingerprint density at radius 1 is 1.44 bits per heavy atom. The standard InChI is InChI=1S/C11H14ClNO3/c1-9-4-5-10(13(14)15)11(8-9)16-7-3-2-6-12/h4-5,8H,2-3,6-7H2,1H3. The number of ether oxygens (including phenoxy) is 1. The molecular weight excluding hydrogens is 230 g/mol. The van der Waals surface area contributed by atoms with Gasteiger partial charge in [0.1, 0.15) is 0 Å². The Balaban J connectivity index is 2.68. The lowest BCUT2D eigenvalue weighted by molar-refractivity contribution is -0.385. The summed E-state index contributed by atoms with van der Waals surface area (Å²) in [5.41, 5.74) is 0.953. The van der Waals surface area contributed by atoms with Crippen molar-refractivity contribution in [1.82, 2.24) is 0 Å². The first-order valence-electron chi connectivity index (χ1n) is 5.09. The molecule has 0 radical (unpaired) electrons. The molecule has 4 nitrogen and oxygen atoms in total. The average molecular weight is 244 g/mol. The SMILES string of the molecule is Cc1ccc([N+](=O)[O-])c(OCCCCCl)c1. The number of nitro groups is 1. The number of halogens is 1. The molecule has 0 atom stereocenters. The summed E-state index contributed by atoms with van der Waals surface area (Å²) >= 11 is 5.53. The molecule has 0 aliphatic carbocycles. The lowest BCUT2D eigenvalue weighted by Crippen LogP contribution is -2.01. The summed E-state index contributed by atoms with van der Waals surface area (Å²) in [4.78, 5) is 10.3. The van der Waals surface area contributed by atoms with Crippen LogP contribution in [0.2, 0.25) is 0 Å². The third-order valence-electron chi connectivity index (χ3n) is 2.10. The van der Waals surface area contributed by atoms with Crippen LogP contribution in [0.15, 0.2) is 18.2 Å². The second-order valence-electron chi connectivity index (χ2n) is 3.47. The number of hydrogen-bond donors (Lipinski definition) is 0. The number of unbranched alkanes of at least 4 members (excludes halogenated alkanes) is 1. The maximum absolute atomic E-state index is 10.7. The van der Waals surface area contributed by atoms with Crippen LogP contribution in [0.3, 0.4) is 0 Å². The Morgan fingerprint density at radius 3 is 2.81 bits per heavy atom. The number of nitro benzene ring substituents is 1. The summed E-state index contributed by atoms with van der Waals surface area (Å²) in [6.07, 6.45) is 1.65. The maximum Gasteiger partial charge on any atom is 0.310 e. The summed E-state index contributed by atoms with van der Waals surface area (Å²) < 4.78 is 5.38. The zero-order valence-electron chi connectivity index (χ0n) is 9.11. The minimum absolute atomic E-state index is 0.0106. The van der Waals surface area contributed by atoms with E-state index in [2.05, 4.69) is 0 Å². The van der Waals surface area contributed by atoms with Crippen molar-refractivity contribution in [3.8, 4) is 5.75 Å². The van der Waals surface area contributed by atoms with Crippen LogP contribution in [0.1, 0.15) is 18.4 Å². The molecule has 0 aliphatic heterocycles. The molecule has 0 unspecified atom stereocenters. The van der Waals surface area contributed by atoms with Crippen LogP contribution in [-0.4, -0.2) is 17.4 Å². The Morgan fingerprint density at radius 2 is 2.19 bits per heavy atom. The van der Waals surface area contributed by atoms with Crippen molar-refractivity contribution in [2.75, 3.05) is 12.5 Å². The van der Waals surface area contributed by atoms with Gasteiger partial charge in [0.05, 0.1) is 11.5 Å². The molecule has 0 amide bonds. The van der Waals surface area contributed by atoms with Gasteiger partial charge in [-0.2, -0.15) is 0 Å². The lowest BCUT2D eigenvalue weighted by atomic mass is 10.2. The smallest absolute Gasteiger partial charge is 0.310 e. The first-order valence-corrected chi connectivity index (χ1v) is 5.62. The molecule has 16 heavy (non-hydrogen) atoms. The van der Waals surface area contributed by atoms with Gasteiger partial charge in [0, 0.05) is 11.9 Å². The fourth-order valence-corrected chi connectivity index (χ4v) is 1.46. The molecule has 1 aromatic rings. The average Bonchev–Trinajstić information content (AvgIpc) is 2.24. The predicted octanol–water partition coefficient (Wildman–Crippen LogP) is 3.30. The molecule has 88 valence electrons. The molecule has 0 saturated carbocycles. The largest absolute Gasteiger partial charge is 0.487 e. The van der Waals surface area contributed by atoms with E-state index in [0.29, 0.717) is 18.2 Å². The Kier molecular flexibility index (Phi) is 5.05. The molecule has 0 aliphatic rings. The summed E-state index contributed by atoms with van der Waals surface area (Å²) in [5.74, 6) is 0.916. The number of aryl methyl sites for hydroxylation is 1. The van der Waals surface area contributed by atoms with Crippen LogP contribution in [-0.2, 0) is 0 Å². The number of rotatable bonds is 6. The molecule has 5 heteroatoms. The lowest BCUT2D eigenvalue weighted by Gasteiger charge is -2.06. The highest BCUT2D eigenvalue weighted by Crippen LogP contribution is 2.27. The fourth-order valence-electron chi connectivity index (χ4n) is 1.27. The second-order valence-corrected chi connectivity index (χ2v) is 3.85. The number of benzene rings is 1. The summed E-state index contributed by atoms with van der Waals surface area (Å²) in [7, 11) is 0. The first kappa shape index (κ1) is 12.8. The second kappa shape index (κ2) is 6.33. The quantitative estimate of drug-likeness (QED) is 0.333. The van der Waals surface area contributed by atoms with Crippen molar-refractivity contribution in [1.29, 1.82) is 0 Å². The van der Waals surface area contributed by atoms with Crippen molar-refractivity contribution in [2.45, 2.75) is 19.8 Å². The van der Waals surface area contributed by atoms with Gasteiger partial charge in [0.15, 0.2) is 5.75 Å². The molecule has 0 N–H and O–H groups in total. The van der Waals surface area contributed by atoms with Crippen molar-refractivity contribution in [2.24, 2.45) is 0 Å². The number of alkyl halides is 1. The summed E-state index contributed by atoms with van der Waals surface area (Å²) in [6, 6.07) is 4.84. The third-order valence-corrected chi connectivity index (χ3v) is 2.36. The number of hydrogen-bond acceptors (Lipinski definition) is 3. The van der Waals surface area contributed by atoms with Crippen molar-refractivity contribution >= 4 is 17.3 Å². The monoisotopic (exact) mass is 243 g/mol. The van der Waals surface area contributed by atoms with Crippen molar-refractivity contribution in [3.63, 3.8) is 0 Å². The van der Waals surface area contributed by atoms with Crippen LogP contribution in [0.4, 0.5) is 5.69 Å². The summed E-state index contributed by atoms with van der Waals surface area (Å²) in [6.45, 7) is 2.33. The van der Waals surface area contributed by atoms with E-state index in [0.717, 1.165) is 18.4 Å². The van der Waals surface area contributed by atoms with Crippen LogP contribution in [0.5, 0.6) is 5.75 Å². The number of nitrogens with zero attached hydrogens (tertiary/aromatic N) is 1. The van der Waals surface area contributed by atoms with Gasteiger partial charge in [0.2, 0.25) is 0 Å². The van der Waals surface area contributed by atoms with E-state index in [1.807, 2.05) is 6.92 Å². The Bertz CT molecular complexity index is 368. The molecule has 0 aromatic heterocycles. The van der Waals surface area contributed by atoms with Gasteiger partial charge in [-0.15, -0.1) is 11.6 Å². The van der Waals surface area contributed by atoms with Crippen LogP contribution in [0.25, 0.3) is 0 Å². The first-order chi connectivity index (χ1) is 7.65. The zero-order valence-corrected chi connectivity index (χ0v) is 9.87. The maximum atomic E-state index is 10.7. The highest BCUT2D eigenvalue weighted by molar-refractivity contribution is 6.17. The molecule has 0 fully saturated rings. The van der Waals surface area contributed by atoms with E-state index in [-0.39, 0.29) is 5.69 Å².